The molecule has 7 nitrogen and oxygen atoms in total. The lowest BCUT2D eigenvalue weighted by atomic mass is 9.99. The molecule has 7 heteroatoms. The van der Waals surface area contributed by atoms with Crippen LogP contribution < -0.4 is 4.90 Å². The average Bonchev–Trinajstić information content (AvgIpc) is 2.87. The monoisotopic (exact) mass is 477 g/mol. The van der Waals surface area contributed by atoms with Crippen molar-refractivity contribution in [1.29, 1.82) is 0 Å². The minimum Gasteiger partial charge on any atom is -0.445 e. The van der Waals surface area contributed by atoms with Gasteiger partial charge in [0.1, 0.15) is 12.2 Å². The third kappa shape index (κ3) is 6.78. The first kappa shape index (κ1) is 24.6. The number of benzene rings is 2. The molecule has 0 spiro atoms. The fraction of sp³-hybridized carbons (Fsp3) is 0.429. The van der Waals surface area contributed by atoms with E-state index in [1.165, 1.54) is 11.1 Å². The summed E-state index contributed by atoms with van der Waals surface area (Å²) < 4.78 is 10.9. The zero-order valence-corrected chi connectivity index (χ0v) is 20.9. The summed E-state index contributed by atoms with van der Waals surface area (Å²) >= 11 is 0. The van der Waals surface area contributed by atoms with Crippen molar-refractivity contribution in [1.82, 2.24) is 9.80 Å². The second-order valence-corrected chi connectivity index (χ2v) is 9.97. The van der Waals surface area contributed by atoms with Gasteiger partial charge >= 0.3 is 12.2 Å². The number of hydrogen-bond acceptors (Lipinski definition) is 5. The Hall–Kier alpha value is -3.48. The van der Waals surface area contributed by atoms with Crippen molar-refractivity contribution in [3.05, 3.63) is 71.8 Å². The topological polar surface area (TPSA) is 62.3 Å². The molecule has 0 unspecified atom stereocenters. The largest absolute Gasteiger partial charge is 0.445 e. The van der Waals surface area contributed by atoms with Crippen molar-refractivity contribution in [2.75, 3.05) is 44.2 Å². The Morgan fingerprint density at radius 3 is 2.11 bits per heavy atom. The molecule has 2 aromatic rings. The number of piperazine rings is 1. The molecule has 2 heterocycles. The van der Waals surface area contributed by atoms with Gasteiger partial charge in [0, 0.05) is 45.0 Å². The van der Waals surface area contributed by atoms with Crippen molar-refractivity contribution < 1.29 is 19.1 Å². The maximum absolute atomic E-state index is 12.4. The number of carbonyl (C=O) groups excluding carboxylic acids is 2. The first-order valence-corrected chi connectivity index (χ1v) is 12.3. The fourth-order valence-corrected chi connectivity index (χ4v) is 4.27. The molecule has 1 fully saturated rings. The first-order chi connectivity index (χ1) is 16.8. The number of rotatable bonds is 4. The van der Waals surface area contributed by atoms with Gasteiger partial charge in [0.2, 0.25) is 0 Å². The third-order valence-electron chi connectivity index (χ3n) is 6.21. The van der Waals surface area contributed by atoms with E-state index in [0.717, 1.165) is 30.8 Å². The Bertz CT molecular complexity index is 1040. The number of hydrogen-bond donors (Lipinski definition) is 0. The van der Waals surface area contributed by atoms with Crippen LogP contribution in [0.25, 0.3) is 5.57 Å². The number of ether oxygens (including phenoxy) is 2. The van der Waals surface area contributed by atoms with E-state index in [1.807, 2.05) is 51.1 Å². The second-order valence-electron chi connectivity index (χ2n) is 9.97. The highest BCUT2D eigenvalue weighted by Crippen LogP contribution is 2.26. The zero-order chi connectivity index (χ0) is 24.8. The van der Waals surface area contributed by atoms with Crippen LogP contribution in [0.1, 0.15) is 38.3 Å². The van der Waals surface area contributed by atoms with Gasteiger partial charge in [0.05, 0.1) is 0 Å². The van der Waals surface area contributed by atoms with Gasteiger partial charge in [-0.1, -0.05) is 48.5 Å². The summed E-state index contributed by atoms with van der Waals surface area (Å²) in [7, 11) is 0. The molecule has 0 atom stereocenters. The fourth-order valence-electron chi connectivity index (χ4n) is 4.27. The van der Waals surface area contributed by atoms with Gasteiger partial charge in [0.15, 0.2) is 0 Å². The van der Waals surface area contributed by atoms with Gasteiger partial charge in [-0.3, -0.25) is 0 Å². The van der Waals surface area contributed by atoms with Crippen molar-refractivity contribution in [2.45, 2.75) is 39.4 Å². The Kier molecular flexibility index (Phi) is 7.63. The molecular formula is C28H35N3O4. The van der Waals surface area contributed by atoms with E-state index >= 15 is 0 Å². The minimum absolute atomic E-state index is 0.241. The summed E-state index contributed by atoms with van der Waals surface area (Å²) in [5, 5.41) is 0. The quantitative estimate of drug-likeness (QED) is 0.608. The molecular weight excluding hydrogens is 442 g/mol. The van der Waals surface area contributed by atoms with Gasteiger partial charge in [-0.25, -0.2) is 9.59 Å². The van der Waals surface area contributed by atoms with Crippen LogP contribution in [0.3, 0.4) is 0 Å². The Morgan fingerprint density at radius 1 is 0.829 bits per heavy atom. The van der Waals surface area contributed by atoms with Crippen LogP contribution in [0, 0.1) is 0 Å². The predicted molar refractivity (Wildman–Crippen MR) is 137 cm³/mol. The Morgan fingerprint density at radius 2 is 1.51 bits per heavy atom. The lowest BCUT2D eigenvalue weighted by Crippen LogP contribution is -2.50. The molecule has 0 aromatic heterocycles. The van der Waals surface area contributed by atoms with E-state index in [9.17, 15) is 9.59 Å². The SMILES string of the molecule is CC(C)(C)OC(=O)N1CCN(c2ccc(C3=CCN(C(=O)OCc4ccccc4)CC3)cc2)CC1. The van der Waals surface area contributed by atoms with E-state index in [4.69, 9.17) is 9.47 Å². The molecule has 186 valence electrons. The van der Waals surface area contributed by atoms with Gasteiger partial charge in [-0.05, 0) is 56.0 Å². The van der Waals surface area contributed by atoms with Crippen LogP contribution in [0.2, 0.25) is 0 Å². The third-order valence-corrected chi connectivity index (χ3v) is 6.21. The first-order valence-electron chi connectivity index (χ1n) is 12.3. The van der Waals surface area contributed by atoms with E-state index in [-0.39, 0.29) is 12.2 Å². The number of nitrogens with zero attached hydrogens (tertiary/aromatic N) is 3. The van der Waals surface area contributed by atoms with Gasteiger partial charge in [0.25, 0.3) is 0 Å². The molecule has 0 N–H and O–H groups in total. The highest BCUT2D eigenvalue weighted by molar-refractivity contribution is 5.73. The number of anilines is 1. The molecule has 1 saturated heterocycles. The Balaban J connectivity index is 1.26. The van der Waals surface area contributed by atoms with Crippen molar-refractivity contribution in [3.63, 3.8) is 0 Å². The minimum atomic E-state index is -0.475. The molecule has 35 heavy (non-hydrogen) atoms. The van der Waals surface area contributed by atoms with Gasteiger partial charge in [-0.15, -0.1) is 0 Å². The summed E-state index contributed by atoms with van der Waals surface area (Å²) in [5.74, 6) is 0. The van der Waals surface area contributed by atoms with Crippen LogP contribution in [-0.4, -0.2) is 66.9 Å². The molecule has 4 rings (SSSR count). The van der Waals surface area contributed by atoms with Crippen LogP contribution in [-0.2, 0) is 16.1 Å². The van der Waals surface area contributed by atoms with Crippen LogP contribution >= 0.6 is 0 Å². The molecule has 2 aliphatic rings. The molecule has 2 aliphatic heterocycles. The highest BCUT2D eigenvalue weighted by atomic mass is 16.6. The van der Waals surface area contributed by atoms with Crippen molar-refractivity contribution in [3.8, 4) is 0 Å². The zero-order valence-electron chi connectivity index (χ0n) is 20.9. The standard InChI is InChI=1S/C28H35N3O4/c1-28(2,3)35-27(33)31-19-17-29(18-20-31)25-11-9-23(10-12-25)24-13-15-30(16-14-24)26(32)34-21-22-7-5-4-6-8-22/h4-13H,14-21H2,1-3H3. The molecule has 0 bridgehead atoms. The van der Waals surface area contributed by atoms with Crippen LogP contribution in [0.4, 0.5) is 15.3 Å². The van der Waals surface area contributed by atoms with Crippen LogP contribution in [0.15, 0.2) is 60.7 Å². The summed E-state index contributed by atoms with van der Waals surface area (Å²) in [6.45, 7) is 10.0. The van der Waals surface area contributed by atoms with Crippen molar-refractivity contribution >= 4 is 23.4 Å². The summed E-state index contributed by atoms with van der Waals surface area (Å²) in [6, 6.07) is 18.3. The number of carbonyl (C=O) groups is 2. The summed E-state index contributed by atoms with van der Waals surface area (Å²) in [5.41, 5.74) is 4.09. The van der Waals surface area contributed by atoms with E-state index in [2.05, 4.69) is 35.2 Å². The molecule has 2 aromatic carbocycles. The lowest BCUT2D eigenvalue weighted by Gasteiger charge is -2.36. The summed E-state index contributed by atoms with van der Waals surface area (Å²) in [4.78, 5) is 30.5. The molecule has 0 radical (unpaired) electrons. The lowest BCUT2D eigenvalue weighted by molar-refractivity contribution is 0.0240. The highest BCUT2D eigenvalue weighted by Gasteiger charge is 2.26. The normalized spacial score (nSPS) is 16.5. The number of amides is 2. The van der Waals surface area contributed by atoms with E-state index < -0.39 is 5.60 Å². The second kappa shape index (κ2) is 10.8. The predicted octanol–water partition coefficient (Wildman–Crippen LogP) is 5.17. The maximum atomic E-state index is 12.4. The average molecular weight is 478 g/mol. The van der Waals surface area contributed by atoms with E-state index in [1.54, 1.807) is 9.80 Å². The molecule has 2 amide bonds. The van der Waals surface area contributed by atoms with Crippen molar-refractivity contribution in [2.24, 2.45) is 0 Å². The van der Waals surface area contributed by atoms with Gasteiger partial charge < -0.3 is 24.2 Å². The van der Waals surface area contributed by atoms with Gasteiger partial charge in [-0.2, -0.15) is 0 Å². The van der Waals surface area contributed by atoms with Crippen LogP contribution in [0.5, 0.6) is 0 Å². The summed E-state index contributed by atoms with van der Waals surface area (Å²) in [6.07, 6.45) is 2.40. The smallest absolute Gasteiger partial charge is 0.410 e. The Labute approximate surface area is 207 Å². The molecule has 0 saturated carbocycles. The molecule has 0 aliphatic carbocycles. The maximum Gasteiger partial charge on any atom is 0.410 e. The van der Waals surface area contributed by atoms with E-state index in [0.29, 0.717) is 32.8 Å².